The number of aliphatic hydroxyl groups is 1. The van der Waals surface area contributed by atoms with E-state index >= 15 is 0 Å². The van der Waals surface area contributed by atoms with Crippen molar-refractivity contribution in [1.29, 1.82) is 0 Å². The zero-order valence-corrected chi connectivity index (χ0v) is 10.5. The van der Waals surface area contributed by atoms with Crippen LogP contribution < -0.4 is 5.32 Å². The average Bonchev–Trinajstić information content (AvgIpc) is 2.77. The Labute approximate surface area is 103 Å². The number of benzene rings is 1. The molecule has 3 nitrogen and oxygen atoms in total. The first-order valence-corrected chi connectivity index (χ1v) is 6.50. The maximum Gasteiger partial charge on any atom is 0.0664 e. The van der Waals surface area contributed by atoms with Gasteiger partial charge in [0.1, 0.15) is 0 Å². The van der Waals surface area contributed by atoms with E-state index in [4.69, 9.17) is 0 Å². The third kappa shape index (κ3) is 3.72. The number of hydrogen-bond acceptors (Lipinski definition) is 3. The molecule has 1 fully saturated rings. The molecule has 0 bridgehead atoms. The van der Waals surface area contributed by atoms with E-state index in [-0.39, 0.29) is 6.10 Å². The van der Waals surface area contributed by atoms with Crippen molar-refractivity contribution >= 4 is 5.69 Å². The number of nitrogens with zero attached hydrogens (tertiary/aromatic N) is 1. The lowest BCUT2D eigenvalue weighted by Crippen LogP contribution is -2.32. The molecule has 2 atom stereocenters. The van der Waals surface area contributed by atoms with E-state index in [1.54, 1.807) is 0 Å². The van der Waals surface area contributed by atoms with E-state index in [1.807, 2.05) is 13.0 Å². The zero-order chi connectivity index (χ0) is 12.1. The number of β-amino-alcohol motifs (C(OH)–C–C–N with tert-alkyl or cyclic N) is 1. The fraction of sp³-hybridized carbons (Fsp3) is 0.571. The van der Waals surface area contributed by atoms with E-state index < -0.39 is 0 Å². The molecule has 0 radical (unpaired) electrons. The van der Waals surface area contributed by atoms with E-state index in [1.165, 1.54) is 5.69 Å². The van der Waals surface area contributed by atoms with Gasteiger partial charge < -0.3 is 10.4 Å². The van der Waals surface area contributed by atoms with E-state index in [0.29, 0.717) is 6.04 Å². The standard InChI is InChI=1S/C14H22N2O/c1-2-14(17)11-16-9-8-13(10-16)15-12-6-4-3-5-7-12/h3-7,13-15,17H,2,8-11H2,1H3. The lowest BCUT2D eigenvalue weighted by Gasteiger charge is -2.19. The molecule has 0 aromatic heterocycles. The van der Waals surface area contributed by atoms with E-state index in [0.717, 1.165) is 32.5 Å². The lowest BCUT2D eigenvalue weighted by molar-refractivity contribution is 0.121. The maximum atomic E-state index is 9.63. The minimum atomic E-state index is -0.175. The van der Waals surface area contributed by atoms with Gasteiger partial charge in [0.15, 0.2) is 0 Å². The number of likely N-dealkylation sites (tertiary alicyclic amines) is 1. The fourth-order valence-corrected chi connectivity index (χ4v) is 2.31. The molecule has 0 aliphatic carbocycles. The van der Waals surface area contributed by atoms with Gasteiger partial charge in [0.25, 0.3) is 0 Å². The topological polar surface area (TPSA) is 35.5 Å². The predicted molar refractivity (Wildman–Crippen MR) is 71.2 cm³/mol. The Morgan fingerprint density at radius 3 is 2.88 bits per heavy atom. The van der Waals surface area contributed by atoms with Crippen LogP contribution in [0.15, 0.2) is 30.3 Å². The third-order valence-corrected chi connectivity index (χ3v) is 3.36. The van der Waals surface area contributed by atoms with Crippen LogP contribution in [-0.4, -0.2) is 41.8 Å². The molecular weight excluding hydrogens is 212 g/mol. The summed E-state index contributed by atoms with van der Waals surface area (Å²) >= 11 is 0. The molecule has 1 aromatic carbocycles. The summed E-state index contributed by atoms with van der Waals surface area (Å²) in [5.41, 5.74) is 1.19. The van der Waals surface area contributed by atoms with Crippen LogP contribution in [0.5, 0.6) is 0 Å². The van der Waals surface area contributed by atoms with Crippen molar-refractivity contribution < 1.29 is 5.11 Å². The van der Waals surface area contributed by atoms with Gasteiger partial charge in [-0.2, -0.15) is 0 Å². The highest BCUT2D eigenvalue weighted by Gasteiger charge is 2.23. The van der Waals surface area contributed by atoms with Crippen LogP contribution in [0.1, 0.15) is 19.8 Å². The Kier molecular flexibility index (Phi) is 4.40. The Balaban J connectivity index is 1.78. The first kappa shape index (κ1) is 12.4. The van der Waals surface area contributed by atoms with E-state index in [2.05, 4.69) is 34.5 Å². The number of nitrogens with one attached hydrogen (secondary N) is 1. The van der Waals surface area contributed by atoms with Crippen LogP contribution >= 0.6 is 0 Å². The molecule has 1 aromatic rings. The Hall–Kier alpha value is -1.06. The summed E-state index contributed by atoms with van der Waals surface area (Å²) < 4.78 is 0. The van der Waals surface area contributed by atoms with Gasteiger partial charge in [-0.15, -0.1) is 0 Å². The van der Waals surface area contributed by atoms with Crippen LogP contribution in [0.4, 0.5) is 5.69 Å². The maximum absolute atomic E-state index is 9.63. The van der Waals surface area contributed by atoms with Crippen molar-refractivity contribution in [2.45, 2.75) is 31.9 Å². The minimum Gasteiger partial charge on any atom is -0.392 e. The Morgan fingerprint density at radius 1 is 1.41 bits per heavy atom. The number of anilines is 1. The minimum absolute atomic E-state index is 0.175. The number of aliphatic hydroxyl groups excluding tert-OH is 1. The van der Waals surface area contributed by atoms with Crippen LogP contribution in [0.25, 0.3) is 0 Å². The highest BCUT2D eigenvalue weighted by atomic mass is 16.3. The van der Waals surface area contributed by atoms with Gasteiger partial charge in [-0.3, -0.25) is 4.90 Å². The molecule has 94 valence electrons. The first-order valence-electron chi connectivity index (χ1n) is 6.50. The smallest absolute Gasteiger partial charge is 0.0664 e. The Bertz CT molecular complexity index is 328. The van der Waals surface area contributed by atoms with Gasteiger partial charge in [0.2, 0.25) is 0 Å². The summed E-state index contributed by atoms with van der Waals surface area (Å²) in [5.74, 6) is 0. The molecule has 1 saturated heterocycles. The summed E-state index contributed by atoms with van der Waals surface area (Å²) in [7, 11) is 0. The Morgan fingerprint density at radius 2 is 2.18 bits per heavy atom. The van der Waals surface area contributed by atoms with Crippen LogP contribution in [0.3, 0.4) is 0 Å². The third-order valence-electron chi connectivity index (χ3n) is 3.36. The molecule has 17 heavy (non-hydrogen) atoms. The summed E-state index contributed by atoms with van der Waals surface area (Å²) in [6.45, 7) is 4.96. The molecule has 1 aliphatic rings. The number of hydrogen-bond donors (Lipinski definition) is 2. The normalized spacial score (nSPS) is 22.6. The molecule has 2 rings (SSSR count). The molecule has 3 heteroatoms. The van der Waals surface area contributed by atoms with Gasteiger partial charge >= 0.3 is 0 Å². The van der Waals surface area contributed by atoms with Crippen molar-refractivity contribution in [3.8, 4) is 0 Å². The van der Waals surface area contributed by atoms with Crippen molar-refractivity contribution in [3.63, 3.8) is 0 Å². The molecule has 2 unspecified atom stereocenters. The average molecular weight is 234 g/mol. The lowest BCUT2D eigenvalue weighted by atomic mass is 10.2. The molecule has 0 amide bonds. The predicted octanol–water partition coefficient (Wildman–Crippen LogP) is 1.94. The van der Waals surface area contributed by atoms with Gasteiger partial charge in [-0.25, -0.2) is 0 Å². The highest BCUT2D eigenvalue weighted by Crippen LogP contribution is 2.16. The van der Waals surface area contributed by atoms with Crippen LogP contribution in [-0.2, 0) is 0 Å². The summed E-state index contributed by atoms with van der Waals surface area (Å²) in [6, 6.07) is 10.9. The molecule has 1 aliphatic heterocycles. The van der Waals surface area contributed by atoms with Gasteiger partial charge in [-0.1, -0.05) is 25.1 Å². The molecule has 1 heterocycles. The van der Waals surface area contributed by atoms with Crippen molar-refractivity contribution in [1.82, 2.24) is 4.90 Å². The van der Waals surface area contributed by atoms with Crippen molar-refractivity contribution in [2.24, 2.45) is 0 Å². The summed E-state index contributed by atoms with van der Waals surface area (Å²) in [4.78, 5) is 2.34. The van der Waals surface area contributed by atoms with Gasteiger partial charge in [-0.05, 0) is 25.0 Å². The SMILES string of the molecule is CCC(O)CN1CCC(Nc2ccccc2)C1. The van der Waals surface area contributed by atoms with Crippen molar-refractivity contribution in [2.75, 3.05) is 25.0 Å². The fourth-order valence-electron chi connectivity index (χ4n) is 2.31. The number of rotatable bonds is 5. The van der Waals surface area contributed by atoms with Crippen LogP contribution in [0, 0.1) is 0 Å². The number of para-hydroxylation sites is 1. The van der Waals surface area contributed by atoms with Crippen molar-refractivity contribution in [3.05, 3.63) is 30.3 Å². The molecule has 0 saturated carbocycles. The molecular formula is C14H22N2O. The quantitative estimate of drug-likeness (QED) is 0.817. The van der Waals surface area contributed by atoms with Crippen LogP contribution in [0.2, 0.25) is 0 Å². The first-order chi connectivity index (χ1) is 8.28. The monoisotopic (exact) mass is 234 g/mol. The van der Waals surface area contributed by atoms with E-state index in [9.17, 15) is 5.11 Å². The molecule has 2 N–H and O–H groups in total. The zero-order valence-electron chi connectivity index (χ0n) is 10.5. The molecule has 0 spiro atoms. The van der Waals surface area contributed by atoms with Gasteiger partial charge in [0.05, 0.1) is 6.10 Å². The summed E-state index contributed by atoms with van der Waals surface area (Å²) in [6.07, 6.45) is 1.82. The highest BCUT2D eigenvalue weighted by molar-refractivity contribution is 5.43. The second kappa shape index (κ2) is 6.03. The second-order valence-corrected chi connectivity index (χ2v) is 4.82. The second-order valence-electron chi connectivity index (χ2n) is 4.82. The summed E-state index contributed by atoms with van der Waals surface area (Å²) in [5, 5.41) is 13.2. The largest absolute Gasteiger partial charge is 0.392 e. The van der Waals surface area contributed by atoms with Gasteiger partial charge in [0, 0.05) is 31.4 Å².